The zero-order valence-electron chi connectivity index (χ0n) is 10.7. The minimum absolute atomic E-state index is 0.104. The Balaban J connectivity index is 2.34. The first-order valence-corrected chi connectivity index (χ1v) is 7.61. The lowest BCUT2D eigenvalue weighted by molar-refractivity contribution is 0.158. The summed E-state index contributed by atoms with van der Waals surface area (Å²) in [6.45, 7) is 4.06. The molecule has 0 spiro atoms. The molecule has 1 aliphatic rings. The Hall–Kier alpha value is -0.860. The first-order chi connectivity index (χ1) is 8.43. The van der Waals surface area contributed by atoms with Crippen LogP contribution in [0.3, 0.4) is 0 Å². The Morgan fingerprint density at radius 2 is 2.17 bits per heavy atom. The highest BCUT2D eigenvalue weighted by atomic mass is 32.2. The Morgan fingerprint density at radius 1 is 1.44 bits per heavy atom. The minimum Gasteiger partial charge on any atom is -0.449 e. The van der Waals surface area contributed by atoms with Crippen molar-refractivity contribution >= 4 is 16.3 Å². The molecule has 2 unspecified atom stereocenters. The third-order valence-electron chi connectivity index (χ3n) is 2.72. The van der Waals surface area contributed by atoms with E-state index < -0.39 is 16.3 Å². The molecule has 2 atom stereocenters. The number of amides is 1. The van der Waals surface area contributed by atoms with Crippen LogP contribution in [0.25, 0.3) is 0 Å². The maximum absolute atomic E-state index is 11.5. The lowest BCUT2D eigenvalue weighted by Gasteiger charge is -2.28. The summed E-state index contributed by atoms with van der Waals surface area (Å²) < 4.78 is 31.6. The average molecular weight is 279 g/mol. The maximum atomic E-state index is 11.5. The van der Waals surface area contributed by atoms with Crippen LogP contribution in [0.15, 0.2) is 0 Å². The van der Waals surface area contributed by atoms with Crippen molar-refractivity contribution in [3.05, 3.63) is 0 Å². The van der Waals surface area contributed by atoms with Gasteiger partial charge in [0.15, 0.2) is 0 Å². The number of ether oxygens (including phenoxy) is 1. The van der Waals surface area contributed by atoms with Crippen LogP contribution in [-0.2, 0) is 14.9 Å². The summed E-state index contributed by atoms with van der Waals surface area (Å²) in [6.07, 6.45) is 2.14. The SMILES string of the molecule is CCOC(=O)NS(=O)(=O)NCC1CCCC(C)N1. The molecule has 3 N–H and O–H groups in total. The molecule has 0 aliphatic carbocycles. The number of carbonyl (C=O) groups excluding carboxylic acids is 1. The molecule has 106 valence electrons. The van der Waals surface area contributed by atoms with Gasteiger partial charge in [0.25, 0.3) is 0 Å². The predicted octanol–water partition coefficient (Wildman–Crippen LogP) is 0.0975. The van der Waals surface area contributed by atoms with E-state index in [0.29, 0.717) is 6.04 Å². The third-order valence-corrected chi connectivity index (χ3v) is 3.70. The fourth-order valence-corrected chi connectivity index (χ4v) is 2.69. The molecule has 0 aromatic carbocycles. The van der Waals surface area contributed by atoms with Gasteiger partial charge in [0.1, 0.15) is 0 Å². The zero-order chi connectivity index (χ0) is 13.6. The van der Waals surface area contributed by atoms with Gasteiger partial charge in [0.2, 0.25) is 0 Å². The van der Waals surface area contributed by atoms with Crippen molar-refractivity contribution in [3.63, 3.8) is 0 Å². The molecule has 1 saturated heterocycles. The first kappa shape index (κ1) is 15.2. The fraction of sp³-hybridized carbons (Fsp3) is 0.900. The van der Waals surface area contributed by atoms with E-state index in [1.54, 1.807) is 11.6 Å². The van der Waals surface area contributed by atoms with Gasteiger partial charge in [-0.1, -0.05) is 6.42 Å². The fourth-order valence-electron chi connectivity index (χ4n) is 1.92. The van der Waals surface area contributed by atoms with Gasteiger partial charge >= 0.3 is 16.3 Å². The molecule has 8 heteroatoms. The van der Waals surface area contributed by atoms with Crippen LogP contribution >= 0.6 is 0 Å². The van der Waals surface area contributed by atoms with Crippen molar-refractivity contribution in [2.75, 3.05) is 13.2 Å². The van der Waals surface area contributed by atoms with Gasteiger partial charge in [-0.2, -0.15) is 13.1 Å². The predicted molar refractivity (Wildman–Crippen MR) is 67.3 cm³/mol. The number of hydrogen-bond donors (Lipinski definition) is 3. The molecular weight excluding hydrogens is 258 g/mol. The van der Waals surface area contributed by atoms with Gasteiger partial charge in [-0.15, -0.1) is 0 Å². The van der Waals surface area contributed by atoms with Gasteiger partial charge in [0.05, 0.1) is 6.61 Å². The number of carbonyl (C=O) groups is 1. The second-order valence-corrected chi connectivity index (χ2v) is 5.87. The molecule has 7 nitrogen and oxygen atoms in total. The van der Waals surface area contributed by atoms with Gasteiger partial charge in [-0.25, -0.2) is 9.52 Å². The van der Waals surface area contributed by atoms with Crippen molar-refractivity contribution in [1.82, 2.24) is 14.8 Å². The highest BCUT2D eigenvalue weighted by Crippen LogP contribution is 2.11. The van der Waals surface area contributed by atoms with E-state index in [1.165, 1.54) is 0 Å². The molecule has 0 radical (unpaired) electrons. The molecule has 1 amide bonds. The van der Waals surface area contributed by atoms with Crippen LogP contribution in [0.4, 0.5) is 4.79 Å². The summed E-state index contributed by atoms with van der Waals surface area (Å²) in [5.41, 5.74) is 0. The smallest absolute Gasteiger partial charge is 0.421 e. The Labute approximate surface area is 108 Å². The van der Waals surface area contributed by atoms with Crippen molar-refractivity contribution in [1.29, 1.82) is 0 Å². The molecule has 1 fully saturated rings. The highest BCUT2D eigenvalue weighted by molar-refractivity contribution is 7.88. The standard InChI is InChI=1S/C10H21N3O4S/c1-3-17-10(14)13-18(15,16)11-7-9-6-4-5-8(2)12-9/h8-9,11-12H,3-7H2,1-2H3,(H,13,14). The molecule has 0 aromatic heterocycles. The van der Waals surface area contributed by atoms with Crippen molar-refractivity contribution in [2.24, 2.45) is 0 Å². The zero-order valence-corrected chi connectivity index (χ0v) is 11.5. The quantitative estimate of drug-likeness (QED) is 0.663. The summed E-state index contributed by atoms with van der Waals surface area (Å²) in [5.74, 6) is 0. The normalized spacial score (nSPS) is 24.6. The number of hydrogen-bond acceptors (Lipinski definition) is 5. The molecule has 0 aromatic rings. The Bertz CT molecular complexity index is 371. The molecular formula is C10H21N3O4S. The summed E-state index contributed by atoms with van der Waals surface area (Å²) in [4.78, 5) is 11.0. The van der Waals surface area contributed by atoms with Crippen LogP contribution < -0.4 is 14.8 Å². The third kappa shape index (κ3) is 5.65. The molecule has 1 heterocycles. The number of piperidine rings is 1. The van der Waals surface area contributed by atoms with Gasteiger partial charge in [-0.3, -0.25) is 0 Å². The van der Waals surface area contributed by atoms with E-state index in [1.807, 2.05) is 0 Å². The van der Waals surface area contributed by atoms with Crippen LogP contribution in [0, 0.1) is 0 Å². The lowest BCUT2D eigenvalue weighted by atomic mass is 10.00. The Kier molecular flexibility index (Phi) is 5.83. The van der Waals surface area contributed by atoms with Gasteiger partial charge in [0, 0.05) is 18.6 Å². The molecule has 0 bridgehead atoms. The van der Waals surface area contributed by atoms with E-state index in [0.717, 1.165) is 19.3 Å². The average Bonchev–Trinajstić information content (AvgIpc) is 2.26. The summed E-state index contributed by atoms with van der Waals surface area (Å²) in [7, 11) is -3.83. The monoisotopic (exact) mass is 279 g/mol. The van der Waals surface area contributed by atoms with Gasteiger partial charge < -0.3 is 10.1 Å². The minimum atomic E-state index is -3.83. The van der Waals surface area contributed by atoms with E-state index >= 15 is 0 Å². The highest BCUT2D eigenvalue weighted by Gasteiger charge is 2.21. The van der Waals surface area contributed by atoms with E-state index in [9.17, 15) is 13.2 Å². The van der Waals surface area contributed by atoms with Gasteiger partial charge in [-0.05, 0) is 26.7 Å². The number of rotatable bonds is 5. The summed E-state index contributed by atoms with van der Waals surface area (Å²) >= 11 is 0. The van der Waals surface area contributed by atoms with E-state index in [2.05, 4.69) is 21.7 Å². The lowest BCUT2D eigenvalue weighted by Crippen LogP contribution is -2.50. The van der Waals surface area contributed by atoms with Crippen LogP contribution in [0.1, 0.15) is 33.1 Å². The molecule has 0 saturated carbocycles. The summed E-state index contributed by atoms with van der Waals surface area (Å²) in [5, 5.41) is 3.30. The van der Waals surface area contributed by atoms with Crippen molar-refractivity contribution < 1.29 is 17.9 Å². The second-order valence-electron chi connectivity index (χ2n) is 4.37. The number of nitrogens with one attached hydrogen (secondary N) is 3. The summed E-state index contributed by atoms with van der Waals surface area (Å²) in [6, 6.07) is 0.499. The van der Waals surface area contributed by atoms with E-state index in [-0.39, 0.29) is 19.2 Å². The molecule has 1 rings (SSSR count). The first-order valence-electron chi connectivity index (χ1n) is 6.13. The van der Waals surface area contributed by atoms with Crippen LogP contribution in [0.2, 0.25) is 0 Å². The topological polar surface area (TPSA) is 96.5 Å². The second kappa shape index (κ2) is 6.91. The molecule has 1 aliphatic heterocycles. The van der Waals surface area contributed by atoms with Crippen LogP contribution in [-0.4, -0.2) is 39.7 Å². The van der Waals surface area contributed by atoms with Crippen LogP contribution in [0.5, 0.6) is 0 Å². The maximum Gasteiger partial charge on any atom is 0.421 e. The molecule has 18 heavy (non-hydrogen) atoms. The Morgan fingerprint density at radius 3 is 2.78 bits per heavy atom. The van der Waals surface area contributed by atoms with E-state index in [4.69, 9.17) is 0 Å². The van der Waals surface area contributed by atoms with Crippen molar-refractivity contribution in [2.45, 2.75) is 45.2 Å². The largest absolute Gasteiger partial charge is 0.449 e. The van der Waals surface area contributed by atoms with Crippen molar-refractivity contribution in [3.8, 4) is 0 Å².